The van der Waals surface area contributed by atoms with Crippen molar-refractivity contribution in [2.75, 3.05) is 11.5 Å². The van der Waals surface area contributed by atoms with Gasteiger partial charge in [-0.15, -0.1) is 13.2 Å². The maximum absolute atomic E-state index is 14.6. The average Bonchev–Trinajstić information content (AvgIpc) is 2.68. The van der Waals surface area contributed by atoms with Gasteiger partial charge in [0, 0.05) is 11.5 Å². The van der Waals surface area contributed by atoms with Crippen LogP contribution in [-0.4, -0.2) is 21.7 Å². The van der Waals surface area contributed by atoms with Gasteiger partial charge in [0.1, 0.15) is 0 Å². The van der Waals surface area contributed by atoms with Crippen LogP contribution in [0.2, 0.25) is 0 Å². The minimum atomic E-state index is -4.02. The van der Waals surface area contributed by atoms with Crippen LogP contribution in [0, 0.1) is 46.5 Å². The van der Waals surface area contributed by atoms with E-state index in [-0.39, 0.29) is 0 Å². The summed E-state index contributed by atoms with van der Waals surface area (Å²) in [5, 5.41) is 18.3. The van der Waals surface area contributed by atoms with Crippen molar-refractivity contribution in [3.8, 4) is 11.5 Å². The first-order valence-corrected chi connectivity index (χ1v) is 9.55. The molecule has 0 aliphatic rings. The van der Waals surface area contributed by atoms with Gasteiger partial charge in [-0.2, -0.15) is 27.6 Å². The van der Waals surface area contributed by atoms with Crippen molar-refractivity contribution in [1.29, 1.82) is 0 Å². The van der Waals surface area contributed by atoms with Crippen molar-refractivity contribution in [2.45, 2.75) is 9.79 Å². The smallest absolute Gasteiger partial charge is 0.204 e. The fraction of sp³-hybridized carbons (Fsp3) is 0.111. The van der Waals surface area contributed by atoms with Crippen LogP contribution in [0.1, 0.15) is 0 Å². The van der Waals surface area contributed by atoms with Gasteiger partial charge >= 0.3 is 0 Å². The molecule has 2 rings (SSSR count). The highest BCUT2D eigenvalue weighted by Crippen LogP contribution is 2.66. The summed E-state index contributed by atoms with van der Waals surface area (Å²) in [6.07, 6.45) is 1.73. The summed E-state index contributed by atoms with van der Waals surface area (Å²) < 4.78 is 114. The Hall–Kier alpha value is -2.69. The van der Waals surface area contributed by atoms with E-state index in [1.165, 1.54) is 0 Å². The Balaban J connectivity index is 3.18. The molecule has 0 spiro atoms. The normalized spacial score (nSPS) is 12.1. The number of hydrogen-bond acceptors (Lipinski definition) is 2. The lowest BCUT2D eigenvalue weighted by Gasteiger charge is -2.40. The van der Waals surface area contributed by atoms with Gasteiger partial charge in [0.15, 0.2) is 34.8 Å². The second kappa shape index (κ2) is 7.97. The number of halogens is 8. The van der Waals surface area contributed by atoms with Gasteiger partial charge in [-0.25, -0.2) is 17.6 Å². The molecule has 0 saturated carbocycles. The molecule has 0 atom stereocenters. The van der Waals surface area contributed by atoms with Crippen molar-refractivity contribution in [3.05, 3.63) is 71.8 Å². The molecule has 0 aliphatic heterocycles. The fourth-order valence-electron chi connectivity index (χ4n) is 2.79. The monoisotopic (exact) mass is 444 g/mol. The van der Waals surface area contributed by atoms with E-state index in [0.29, 0.717) is 0 Å². The lowest BCUT2D eigenvalue weighted by molar-refractivity contribution is 0.340. The Labute approximate surface area is 160 Å². The molecule has 0 heterocycles. The van der Waals surface area contributed by atoms with Crippen LogP contribution >= 0.6 is 10.0 Å². The molecular weight excluding hydrogens is 432 g/mol. The minimum absolute atomic E-state index is 0.798. The molecule has 0 aliphatic carbocycles. The zero-order valence-corrected chi connectivity index (χ0v) is 15.1. The van der Waals surface area contributed by atoms with Crippen molar-refractivity contribution in [1.82, 2.24) is 0 Å². The number of phenols is 2. The molecule has 29 heavy (non-hydrogen) atoms. The maximum Gasteiger partial charge on any atom is 0.204 e. The first-order valence-electron chi connectivity index (χ1n) is 7.58. The second-order valence-corrected chi connectivity index (χ2v) is 8.91. The highest BCUT2D eigenvalue weighted by Gasteiger charge is 2.43. The topological polar surface area (TPSA) is 40.5 Å². The van der Waals surface area contributed by atoms with Crippen molar-refractivity contribution in [3.63, 3.8) is 0 Å². The standard InChI is InChI=1S/C18H12F8O2S/c1-3-5-29(6-4-2,17-11(23)7(19)15(27)8(20)12(17)24)18-13(25)9(21)16(28)10(22)14(18)26/h3-4,27-28H,1-2,5-6H2. The third kappa shape index (κ3) is 3.22. The molecule has 2 nitrogen and oxygen atoms in total. The molecule has 2 aromatic rings. The third-order valence-corrected chi connectivity index (χ3v) is 7.88. The second-order valence-electron chi connectivity index (χ2n) is 5.66. The van der Waals surface area contributed by atoms with E-state index in [4.69, 9.17) is 10.2 Å². The number of phenolic OH excluding ortho intramolecular Hbond substituents is 2. The maximum atomic E-state index is 14.6. The Morgan fingerprint density at radius 2 is 0.793 bits per heavy atom. The molecule has 0 aromatic heterocycles. The molecule has 0 bridgehead atoms. The zero-order valence-electron chi connectivity index (χ0n) is 14.3. The van der Waals surface area contributed by atoms with E-state index in [0.717, 1.165) is 12.2 Å². The molecule has 158 valence electrons. The molecular formula is C18H12F8O2S. The molecule has 0 fully saturated rings. The van der Waals surface area contributed by atoms with Gasteiger partial charge in [0.2, 0.25) is 23.3 Å². The van der Waals surface area contributed by atoms with Crippen LogP contribution in [0.15, 0.2) is 35.1 Å². The summed E-state index contributed by atoms with van der Waals surface area (Å²) in [7, 11) is -4.02. The van der Waals surface area contributed by atoms with Gasteiger partial charge in [0.05, 0.1) is 9.79 Å². The number of rotatable bonds is 6. The van der Waals surface area contributed by atoms with E-state index in [1.54, 1.807) is 0 Å². The lowest BCUT2D eigenvalue weighted by Crippen LogP contribution is -2.19. The van der Waals surface area contributed by atoms with Crippen LogP contribution in [0.4, 0.5) is 35.1 Å². The van der Waals surface area contributed by atoms with Crippen LogP contribution in [0.3, 0.4) is 0 Å². The van der Waals surface area contributed by atoms with E-state index in [9.17, 15) is 35.1 Å². The molecule has 2 N–H and O–H groups in total. The number of benzene rings is 2. The zero-order chi connectivity index (χ0) is 22.3. The highest BCUT2D eigenvalue weighted by atomic mass is 32.3. The summed E-state index contributed by atoms with van der Waals surface area (Å²) >= 11 is 0. The van der Waals surface area contributed by atoms with Gasteiger partial charge in [0.25, 0.3) is 0 Å². The first kappa shape index (κ1) is 22.6. The van der Waals surface area contributed by atoms with Crippen molar-refractivity contribution < 1.29 is 45.3 Å². The summed E-state index contributed by atoms with van der Waals surface area (Å²) in [4.78, 5) is -3.15. The Bertz CT molecular complexity index is 882. The Morgan fingerprint density at radius 1 is 0.552 bits per heavy atom. The fourth-order valence-corrected chi connectivity index (χ4v) is 6.33. The summed E-state index contributed by atoms with van der Waals surface area (Å²) in [5.74, 6) is -23.6. The summed E-state index contributed by atoms with van der Waals surface area (Å²) in [5.41, 5.74) is 0. The van der Waals surface area contributed by atoms with Crippen molar-refractivity contribution in [2.24, 2.45) is 0 Å². The van der Waals surface area contributed by atoms with Crippen molar-refractivity contribution >= 4 is 10.0 Å². The minimum Gasteiger partial charge on any atom is -0.503 e. The largest absolute Gasteiger partial charge is 0.503 e. The van der Waals surface area contributed by atoms with Gasteiger partial charge in [-0.05, 0) is 0 Å². The highest BCUT2D eigenvalue weighted by molar-refractivity contribution is 8.34. The van der Waals surface area contributed by atoms with Gasteiger partial charge < -0.3 is 10.2 Å². The predicted molar refractivity (Wildman–Crippen MR) is 90.1 cm³/mol. The molecule has 2 aromatic carbocycles. The molecule has 11 heteroatoms. The first-order chi connectivity index (χ1) is 13.5. The van der Waals surface area contributed by atoms with E-state index in [2.05, 4.69) is 13.2 Å². The molecule has 0 unspecified atom stereocenters. The quantitative estimate of drug-likeness (QED) is 0.336. The van der Waals surface area contributed by atoms with E-state index >= 15 is 0 Å². The third-order valence-electron chi connectivity index (χ3n) is 3.99. The van der Waals surface area contributed by atoms with Crippen LogP contribution in [0.25, 0.3) is 0 Å². The van der Waals surface area contributed by atoms with E-state index in [1.807, 2.05) is 0 Å². The van der Waals surface area contributed by atoms with Crippen LogP contribution in [-0.2, 0) is 0 Å². The van der Waals surface area contributed by atoms with Crippen LogP contribution in [0.5, 0.6) is 11.5 Å². The van der Waals surface area contributed by atoms with Crippen LogP contribution < -0.4 is 0 Å². The predicted octanol–water partition coefficient (Wildman–Crippen LogP) is 5.81. The number of hydrogen-bond donors (Lipinski definition) is 2. The Morgan fingerprint density at radius 3 is 1.00 bits per heavy atom. The van der Waals surface area contributed by atoms with Gasteiger partial charge in [-0.1, -0.05) is 12.2 Å². The lowest BCUT2D eigenvalue weighted by atomic mass is 10.3. The molecule has 0 saturated heterocycles. The summed E-state index contributed by atoms with van der Waals surface area (Å²) in [6.45, 7) is 6.49. The van der Waals surface area contributed by atoms with E-state index < -0.39 is 89.4 Å². The van der Waals surface area contributed by atoms with Gasteiger partial charge in [-0.3, -0.25) is 0 Å². The number of aromatic hydroxyl groups is 2. The molecule has 0 amide bonds. The summed E-state index contributed by atoms with van der Waals surface area (Å²) in [6, 6.07) is 0. The average molecular weight is 444 g/mol. The molecule has 0 radical (unpaired) electrons. The SMILES string of the molecule is C=CCS(CC=C)(c1c(F)c(F)c(O)c(F)c1F)c1c(F)c(F)c(O)c(F)c1F. The Kier molecular flexibility index (Phi) is 6.21.